The standard InChI is InChI=1S/C22H36O7/c1-7-20(2,3)19(23)26-14-11-24-17-15(12-25-16(14)17)27-29-28-18-21(4,5)13-8-9-22(18,6)10-13/h13-18H,7-12H2,1-6H3. The monoisotopic (exact) mass is 412 g/mol. The lowest BCUT2D eigenvalue weighted by molar-refractivity contribution is -0.553. The molecule has 7 unspecified atom stereocenters. The van der Waals surface area contributed by atoms with E-state index in [9.17, 15) is 4.79 Å². The van der Waals surface area contributed by atoms with Crippen LogP contribution in [0.2, 0.25) is 0 Å². The molecule has 166 valence electrons. The van der Waals surface area contributed by atoms with Crippen molar-refractivity contribution in [2.45, 2.75) is 97.7 Å². The number of fused-ring (bicyclic) bond motifs is 3. The summed E-state index contributed by atoms with van der Waals surface area (Å²) in [6, 6.07) is 0. The average molecular weight is 413 g/mol. The first kappa shape index (κ1) is 21.5. The fourth-order valence-corrected chi connectivity index (χ4v) is 5.66. The molecule has 2 saturated carbocycles. The van der Waals surface area contributed by atoms with Crippen LogP contribution in [0.3, 0.4) is 0 Å². The molecule has 0 radical (unpaired) electrons. The Morgan fingerprint density at radius 3 is 2.34 bits per heavy atom. The quantitative estimate of drug-likeness (QED) is 0.359. The van der Waals surface area contributed by atoms with Crippen LogP contribution < -0.4 is 0 Å². The van der Waals surface area contributed by atoms with Crippen LogP contribution in [-0.2, 0) is 33.8 Å². The second-order valence-electron chi connectivity index (χ2n) is 10.9. The molecule has 2 bridgehead atoms. The highest BCUT2D eigenvalue weighted by molar-refractivity contribution is 5.76. The zero-order valence-electron chi connectivity index (χ0n) is 18.6. The lowest BCUT2D eigenvalue weighted by Crippen LogP contribution is -2.43. The summed E-state index contributed by atoms with van der Waals surface area (Å²) in [6.45, 7) is 13.1. The van der Waals surface area contributed by atoms with E-state index < -0.39 is 17.6 Å². The van der Waals surface area contributed by atoms with Crippen molar-refractivity contribution in [3.8, 4) is 0 Å². The van der Waals surface area contributed by atoms with Gasteiger partial charge in [0.1, 0.15) is 24.4 Å². The third-order valence-corrected chi connectivity index (χ3v) is 8.09. The predicted molar refractivity (Wildman–Crippen MR) is 103 cm³/mol. The Morgan fingerprint density at radius 2 is 1.72 bits per heavy atom. The van der Waals surface area contributed by atoms with Crippen molar-refractivity contribution in [2.24, 2.45) is 22.2 Å². The molecule has 0 aromatic heterocycles. The Balaban J connectivity index is 1.28. The summed E-state index contributed by atoms with van der Waals surface area (Å²) < 4.78 is 17.3. The normalized spacial score (nSPS) is 43.0. The van der Waals surface area contributed by atoms with E-state index in [-0.39, 0.29) is 35.1 Å². The van der Waals surface area contributed by atoms with Gasteiger partial charge in [0.25, 0.3) is 0 Å². The summed E-state index contributed by atoms with van der Waals surface area (Å²) in [4.78, 5) is 23.7. The van der Waals surface area contributed by atoms with Crippen LogP contribution >= 0.6 is 0 Å². The Kier molecular flexibility index (Phi) is 5.52. The Labute approximate surface area is 173 Å². The third-order valence-electron chi connectivity index (χ3n) is 8.09. The Morgan fingerprint density at radius 1 is 1.07 bits per heavy atom. The van der Waals surface area contributed by atoms with E-state index in [0.29, 0.717) is 25.6 Å². The summed E-state index contributed by atoms with van der Waals surface area (Å²) in [5.74, 6) is 0.440. The Bertz CT molecular complexity index is 628. The van der Waals surface area contributed by atoms with Gasteiger partial charge in [0.2, 0.25) is 0 Å². The van der Waals surface area contributed by atoms with Crippen molar-refractivity contribution in [3.05, 3.63) is 0 Å². The lowest BCUT2D eigenvalue weighted by atomic mass is 9.70. The number of hydrogen-bond donors (Lipinski definition) is 0. The summed E-state index contributed by atoms with van der Waals surface area (Å²) in [6.07, 6.45) is 2.82. The van der Waals surface area contributed by atoms with Crippen molar-refractivity contribution in [3.63, 3.8) is 0 Å². The molecule has 4 fully saturated rings. The van der Waals surface area contributed by atoms with Crippen molar-refractivity contribution in [1.29, 1.82) is 0 Å². The first-order valence-electron chi connectivity index (χ1n) is 11.0. The average Bonchev–Trinajstić information content (AvgIpc) is 3.38. The SMILES string of the molecule is CCC(C)(C)C(=O)OC1COC2C(OOOC3C4(C)CCC(C4)C3(C)C)COC12. The van der Waals surface area contributed by atoms with Crippen molar-refractivity contribution >= 4 is 5.97 Å². The van der Waals surface area contributed by atoms with Gasteiger partial charge in [0.05, 0.1) is 18.6 Å². The molecule has 2 saturated heterocycles. The highest BCUT2D eigenvalue weighted by Gasteiger charge is 2.61. The van der Waals surface area contributed by atoms with Gasteiger partial charge in [0, 0.05) is 0 Å². The van der Waals surface area contributed by atoms with Crippen LogP contribution in [0.4, 0.5) is 0 Å². The molecule has 0 amide bonds. The van der Waals surface area contributed by atoms with Gasteiger partial charge in [-0.3, -0.25) is 4.79 Å². The minimum atomic E-state index is -0.521. The number of esters is 1. The summed E-state index contributed by atoms with van der Waals surface area (Å²) in [5, 5.41) is 5.28. The molecule has 2 aliphatic heterocycles. The molecule has 7 heteroatoms. The van der Waals surface area contributed by atoms with Crippen LogP contribution in [0.1, 0.15) is 67.2 Å². The molecule has 4 aliphatic rings. The van der Waals surface area contributed by atoms with Gasteiger partial charge in [-0.05, 0) is 56.3 Å². The highest BCUT2D eigenvalue weighted by Crippen LogP contribution is 2.63. The number of ether oxygens (including phenoxy) is 3. The van der Waals surface area contributed by atoms with Crippen molar-refractivity contribution < 1.29 is 33.8 Å². The van der Waals surface area contributed by atoms with Gasteiger partial charge in [0.15, 0.2) is 6.10 Å². The van der Waals surface area contributed by atoms with Gasteiger partial charge in [-0.2, -0.15) is 4.89 Å². The summed E-state index contributed by atoms with van der Waals surface area (Å²) in [5.41, 5.74) is -0.311. The molecule has 0 spiro atoms. The van der Waals surface area contributed by atoms with Crippen LogP contribution in [0.15, 0.2) is 0 Å². The van der Waals surface area contributed by atoms with E-state index in [2.05, 4.69) is 20.8 Å². The zero-order chi connectivity index (χ0) is 21.0. The predicted octanol–water partition coefficient (Wildman–Crippen LogP) is 3.60. The van der Waals surface area contributed by atoms with Gasteiger partial charge < -0.3 is 14.2 Å². The van der Waals surface area contributed by atoms with E-state index in [1.54, 1.807) is 0 Å². The van der Waals surface area contributed by atoms with Gasteiger partial charge in [-0.15, -0.1) is 0 Å². The van der Waals surface area contributed by atoms with Gasteiger partial charge in [-0.1, -0.05) is 32.7 Å². The number of rotatable bonds is 7. The molecule has 4 rings (SSSR count). The van der Waals surface area contributed by atoms with E-state index >= 15 is 0 Å². The maximum atomic E-state index is 12.4. The molecular formula is C22H36O7. The second kappa shape index (κ2) is 7.45. The Hall–Kier alpha value is -0.730. The third kappa shape index (κ3) is 3.63. The van der Waals surface area contributed by atoms with E-state index in [1.807, 2.05) is 20.8 Å². The van der Waals surface area contributed by atoms with E-state index in [4.69, 9.17) is 29.0 Å². The minimum absolute atomic E-state index is 0.00124. The van der Waals surface area contributed by atoms with Crippen LogP contribution in [-0.4, -0.2) is 49.7 Å². The van der Waals surface area contributed by atoms with Crippen LogP contribution in [0.25, 0.3) is 0 Å². The summed E-state index contributed by atoms with van der Waals surface area (Å²) in [7, 11) is 0. The molecule has 2 heterocycles. The fourth-order valence-electron chi connectivity index (χ4n) is 5.66. The first-order chi connectivity index (χ1) is 13.6. The van der Waals surface area contributed by atoms with Gasteiger partial charge in [-0.25, -0.2) is 4.89 Å². The molecule has 0 N–H and O–H groups in total. The van der Waals surface area contributed by atoms with Crippen LogP contribution in [0, 0.1) is 22.2 Å². The van der Waals surface area contributed by atoms with Crippen molar-refractivity contribution in [2.75, 3.05) is 13.2 Å². The maximum Gasteiger partial charge on any atom is 0.311 e. The zero-order valence-corrected chi connectivity index (χ0v) is 18.6. The lowest BCUT2D eigenvalue weighted by Gasteiger charge is -2.40. The van der Waals surface area contributed by atoms with Crippen molar-refractivity contribution in [1.82, 2.24) is 0 Å². The number of hydrogen-bond acceptors (Lipinski definition) is 7. The van der Waals surface area contributed by atoms with Gasteiger partial charge >= 0.3 is 5.97 Å². The maximum absolute atomic E-state index is 12.4. The largest absolute Gasteiger partial charge is 0.457 e. The smallest absolute Gasteiger partial charge is 0.311 e. The molecule has 7 atom stereocenters. The molecule has 0 aromatic rings. The molecule has 7 nitrogen and oxygen atoms in total. The molecular weight excluding hydrogens is 376 g/mol. The van der Waals surface area contributed by atoms with Crippen LogP contribution in [0.5, 0.6) is 0 Å². The van der Waals surface area contributed by atoms with E-state index in [1.165, 1.54) is 12.8 Å². The molecule has 2 aliphatic carbocycles. The molecule has 29 heavy (non-hydrogen) atoms. The highest BCUT2D eigenvalue weighted by atomic mass is 17.5. The second-order valence-corrected chi connectivity index (χ2v) is 10.9. The summed E-state index contributed by atoms with van der Waals surface area (Å²) >= 11 is 0. The number of carbonyl (C=O) groups is 1. The minimum Gasteiger partial charge on any atom is -0.457 e. The molecule has 0 aromatic carbocycles. The fraction of sp³-hybridized carbons (Fsp3) is 0.955. The number of carbonyl (C=O) groups excluding carboxylic acids is 1. The first-order valence-corrected chi connectivity index (χ1v) is 11.0. The van der Waals surface area contributed by atoms with E-state index in [0.717, 1.165) is 6.42 Å². The topological polar surface area (TPSA) is 72.5 Å².